The van der Waals surface area contributed by atoms with Crippen LogP contribution in [0.1, 0.15) is 26.2 Å². The topological polar surface area (TPSA) is 73.0 Å². The standard InChI is InChI=1S/C15H30N4O3S/c1-3-17-9-4-5-14(17)13-19(23(2,21)22)10-6-15(20)18-11-7-16-8-12-18/h14,16H,3-13H2,1-2H3. The summed E-state index contributed by atoms with van der Waals surface area (Å²) in [7, 11) is -3.29. The van der Waals surface area contributed by atoms with Gasteiger partial charge in [-0.3, -0.25) is 9.69 Å². The smallest absolute Gasteiger partial charge is 0.223 e. The van der Waals surface area contributed by atoms with Crippen molar-refractivity contribution in [3.8, 4) is 0 Å². The Balaban J connectivity index is 1.89. The Morgan fingerprint density at radius 2 is 1.96 bits per heavy atom. The van der Waals surface area contributed by atoms with Crippen molar-refractivity contribution in [2.75, 3.05) is 58.6 Å². The second kappa shape index (κ2) is 8.41. The zero-order valence-corrected chi connectivity index (χ0v) is 15.1. The second-order valence-electron chi connectivity index (χ2n) is 6.43. The molecule has 0 saturated carbocycles. The fourth-order valence-electron chi connectivity index (χ4n) is 3.44. The van der Waals surface area contributed by atoms with Gasteiger partial charge in [-0.05, 0) is 25.9 Å². The Morgan fingerprint density at radius 1 is 1.26 bits per heavy atom. The van der Waals surface area contributed by atoms with E-state index in [0.717, 1.165) is 39.0 Å². The number of carbonyl (C=O) groups excluding carboxylic acids is 1. The number of likely N-dealkylation sites (tertiary alicyclic amines) is 1. The molecule has 2 aliphatic rings. The molecule has 0 bridgehead atoms. The molecular formula is C15H30N4O3S. The highest BCUT2D eigenvalue weighted by Crippen LogP contribution is 2.19. The van der Waals surface area contributed by atoms with E-state index in [1.54, 1.807) is 0 Å². The molecule has 2 heterocycles. The summed E-state index contributed by atoms with van der Waals surface area (Å²) < 4.78 is 25.6. The van der Waals surface area contributed by atoms with E-state index in [1.807, 2.05) is 4.90 Å². The maximum absolute atomic E-state index is 12.3. The molecule has 2 aliphatic heterocycles. The minimum absolute atomic E-state index is 0.0546. The van der Waals surface area contributed by atoms with E-state index in [0.29, 0.717) is 19.6 Å². The van der Waals surface area contributed by atoms with Crippen LogP contribution < -0.4 is 5.32 Å². The van der Waals surface area contributed by atoms with Crippen molar-refractivity contribution in [2.45, 2.75) is 32.2 Å². The monoisotopic (exact) mass is 346 g/mol. The van der Waals surface area contributed by atoms with Crippen molar-refractivity contribution < 1.29 is 13.2 Å². The van der Waals surface area contributed by atoms with E-state index < -0.39 is 10.0 Å². The molecule has 134 valence electrons. The van der Waals surface area contributed by atoms with Gasteiger partial charge in [0.15, 0.2) is 0 Å². The summed E-state index contributed by atoms with van der Waals surface area (Å²) in [5, 5.41) is 3.21. The molecule has 1 unspecified atom stereocenters. The third-order valence-corrected chi connectivity index (χ3v) is 6.10. The molecule has 7 nitrogen and oxygen atoms in total. The first-order valence-corrected chi connectivity index (χ1v) is 10.4. The van der Waals surface area contributed by atoms with Gasteiger partial charge in [0.05, 0.1) is 6.26 Å². The first kappa shape index (κ1) is 18.6. The molecule has 0 aromatic carbocycles. The van der Waals surface area contributed by atoms with E-state index in [1.165, 1.54) is 10.6 Å². The Kier molecular flexibility index (Phi) is 6.82. The van der Waals surface area contributed by atoms with Gasteiger partial charge in [0.25, 0.3) is 0 Å². The van der Waals surface area contributed by atoms with Gasteiger partial charge in [0.1, 0.15) is 0 Å². The number of sulfonamides is 1. The molecule has 2 rings (SSSR count). The summed E-state index contributed by atoms with van der Waals surface area (Å²) in [4.78, 5) is 16.4. The van der Waals surface area contributed by atoms with E-state index in [2.05, 4.69) is 17.1 Å². The molecule has 1 atom stereocenters. The van der Waals surface area contributed by atoms with Gasteiger partial charge >= 0.3 is 0 Å². The van der Waals surface area contributed by atoms with Crippen molar-refractivity contribution in [1.29, 1.82) is 0 Å². The summed E-state index contributed by atoms with van der Waals surface area (Å²) in [6.07, 6.45) is 3.67. The SMILES string of the molecule is CCN1CCCC1CN(CCC(=O)N1CCNCC1)S(C)(=O)=O. The zero-order chi connectivity index (χ0) is 16.9. The van der Waals surface area contributed by atoms with E-state index in [4.69, 9.17) is 0 Å². The summed E-state index contributed by atoms with van der Waals surface area (Å²) in [6, 6.07) is 0.281. The van der Waals surface area contributed by atoms with Gasteiger partial charge in [-0.2, -0.15) is 0 Å². The molecule has 0 aromatic heterocycles. The van der Waals surface area contributed by atoms with Gasteiger partial charge < -0.3 is 10.2 Å². The molecule has 0 aromatic rings. The lowest BCUT2D eigenvalue weighted by molar-refractivity contribution is -0.131. The van der Waals surface area contributed by atoms with Gasteiger partial charge in [0, 0.05) is 51.7 Å². The van der Waals surface area contributed by atoms with Crippen molar-refractivity contribution in [3.63, 3.8) is 0 Å². The molecule has 2 saturated heterocycles. The number of hydrogen-bond acceptors (Lipinski definition) is 5. The summed E-state index contributed by atoms with van der Waals surface area (Å²) >= 11 is 0. The predicted octanol–water partition coefficient (Wildman–Crippen LogP) is -0.446. The number of hydrogen-bond donors (Lipinski definition) is 1. The highest BCUT2D eigenvalue weighted by atomic mass is 32.2. The molecule has 1 amide bonds. The number of amides is 1. The van der Waals surface area contributed by atoms with Crippen molar-refractivity contribution in [2.24, 2.45) is 0 Å². The Bertz CT molecular complexity index is 491. The van der Waals surface area contributed by atoms with Crippen LogP contribution in [-0.4, -0.2) is 93.1 Å². The minimum Gasteiger partial charge on any atom is -0.340 e. The molecule has 1 N–H and O–H groups in total. The van der Waals surface area contributed by atoms with Crippen molar-refractivity contribution in [3.05, 3.63) is 0 Å². The Hall–Kier alpha value is -0.700. The molecule has 0 spiro atoms. The van der Waals surface area contributed by atoms with Crippen LogP contribution in [-0.2, 0) is 14.8 Å². The number of nitrogens with zero attached hydrogens (tertiary/aromatic N) is 3. The van der Waals surface area contributed by atoms with Crippen LogP contribution in [0.5, 0.6) is 0 Å². The Labute approximate surface area is 140 Å². The predicted molar refractivity (Wildman–Crippen MR) is 90.8 cm³/mol. The summed E-state index contributed by atoms with van der Waals surface area (Å²) in [5.41, 5.74) is 0. The van der Waals surface area contributed by atoms with Crippen molar-refractivity contribution >= 4 is 15.9 Å². The highest BCUT2D eigenvalue weighted by Gasteiger charge is 2.29. The first-order valence-electron chi connectivity index (χ1n) is 8.59. The number of piperazine rings is 1. The average Bonchev–Trinajstić information content (AvgIpc) is 2.98. The Morgan fingerprint density at radius 3 is 2.57 bits per heavy atom. The van der Waals surface area contributed by atoms with Gasteiger partial charge in [-0.1, -0.05) is 6.92 Å². The largest absolute Gasteiger partial charge is 0.340 e. The lowest BCUT2D eigenvalue weighted by Gasteiger charge is -2.30. The van der Waals surface area contributed by atoms with E-state index >= 15 is 0 Å². The van der Waals surface area contributed by atoms with Crippen LogP contribution in [0.4, 0.5) is 0 Å². The highest BCUT2D eigenvalue weighted by molar-refractivity contribution is 7.88. The van der Waals surface area contributed by atoms with Crippen molar-refractivity contribution in [1.82, 2.24) is 19.4 Å². The van der Waals surface area contributed by atoms with Gasteiger partial charge in [-0.15, -0.1) is 0 Å². The van der Waals surface area contributed by atoms with Crippen LogP contribution in [0, 0.1) is 0 Å². The molecule has 8 heteroatoms. The number of likely N-dealkylation sites (N-methyl/N-ethyl adjacent to an activating group) is 1. The van der Waals surface area contributed by atoms with Crippen LogP contribution in [0.15, 0.2) is 0 Å². The lowest BCUT2D eigenvalue weighted by Crippen LogP contribution is -2.48. The molecular weight excluding hydrogens is 316 g/mol. The third-order valence-electron chi connectivity index (χ3n) is 4.83. The first-order chi connectivity index (χ1) is 10.9. The zero-order valence-electron chi connectivity index (χ0n) is 14.3. The quantitative estimate of drug-likeness (QED) is 0.676. The van der Waals surface area contributed by atoms with E-state index in [9.17, 15) is 13.2 Å². The van der Waals surface area contributed by atoms with Gasteiger partial charge in [-0.25, -0.2) is 12.7 Å². The van der Waals surface area contributed by atoms with Crippen LogP contribution in [0.2, 0.25) is 0 Å². The number of carbonyl (C=O) groups is 1. The fraction of sp³-hybridized carbons (Fsp3) is 0.933. The van der Waals surface area contributed by atoms with Crippen LogP contribution in [0.3, 0.4) is 0 Å². The van der Waals surface area contributed by atoms with Crippen LogP contribution >= 0.6 is 0 Å². The normalized spacial score (nSPS) is 23.6. The maximum atomic E-state index is 12.3. The minimum atomic E-state index is -3.29. The average molecular weight is 346 g/mol. The summed E-state index contributed by atoms with van der Waals surface area (Å²) in [5.74, 6) is 0.0546. The second-order valence-corrected chi connectivity index (χ2v) is 8.41. The molecule has 23 heavy (non-hydrogen) atoms. The van der Waals surface area contributed by atoms with E-state index in [-0.39, 0.29) is 24.9 Å². The van der Waals surface area contributed by atoms with Gasteiger partial charge in [0.2, 0.25) is 15.9 Å². The van der Waals surface area contributed by atoms with Crippen LogP contribution in [0.25, 0.3) is 0 Å². The fourth-order valence-corrected chi connectivity index (χ4v) is 4.30. The number of rotatable bonds is 7. The molecule has 0 radical (unpaired) electrons. The summed E-state index contributed by atoms with van der Waals surface area (Å²) in [6.45, 7) is 7.94. The molecule has 2 fully saturated rings. The third kappa shape index (κ3) is 5.41. The molecule has 0 aliphatic carbocycles. The number of nitrogens with one attached hydrogen (secondary N) is 1. The maximum Gasteiger partial charge on any atom is 0.223 e. The lowest BCUT2D eigenvalue weighted by atomic mass is 10.2.